The topological polar surface area (TPSA) is 72.2 Å². The lowest BCUT2D eigenvalue weighted by molar-refractivity contribution is -0.384. The van der Waals surface area contributed by atoms with Gasteiger partial charge >= 0.3 is 0 Å². The predicted molar refractivity (Wildman–Crippen MR) is 87.9 cm³/mol. The molecule has 0 aromatic heterocycles. The molecule has 0 aliphatic rings. The molecule has 8 heteroatoms. The maximum atomic E-state index is 12.2. The van der Waals surface area contributed by atoms with Crippen LogP contribution in [0.1, 0.15) is 10.4 Å². The van der Waals surface area contributed by atoms with E-state index in [0.29, 0.717) is 15.2 Å². The number of amides is 1. The van der Waals surface area contributed by atoms with Crippen LogP contribution in [0.15, 0.2) is 45.3 Å². The molecule has 0 atom stereocenters. The Kier molecular flexibility index (Phi) is 4.97. The Bertz CT molecular complexity index is 737. The van der Waals surface area contributed by atoms with E-state index in [-0.39, 0.29) is 11.3 Å². The number of halogens is 3. The van der Waals surface area contributed by atoms with Crippen molar-refractivity contribution in [3.05, 3.63) is 66.0 Å². The van der Waals surface area contributed by atoms with Gasteiger partial charge < -0.3 is 5.32 Å². The standard InChI is InChI=1S/C13H7Br2ClN2O3/c14-8-1-2-11(16)12(6-8)17-13(19)7-3-9(15)5-10(4-7)18(20)21/h1-6H,(H,17,19). The van der Waals surface area contributed by atoms with Crippen molar-refractivity contribution in [3.8, 4) is 0 Å². The first-order valence-electron chi connectivity index (χ1n) is 5.58. The van der Waals surface area contributed by atoms with Gasteiger partial charge in [0.25, 0.3) is 11.6 Å². The van der Waals surface area contributed by atoms with Crippen LogP contribution in [0.4, 0.5) is 11.4 Å². The van der Waals surface area contributed by atoms with Crippen LogP contribution in [0.3, 0.4) is 0 Å². The van der Waals surface area contributed by atoms with Crippen molar-refractivity contribution in [2.75, 3.05) is 5.32 Å². The molecule has 0 aliphatic carbocycles. The van der Waals surface area contributed by atoms with Crippen LogP contribution in [0.2, 0.25) is 5.02 Å². The molecule has 1 amide bonds. The number of anilines is 1. The highest BCUT2D eigenvalue weighted by atomic mass is 79.9. The van der Waals surface area contributed by atoms with Gasteiger partial charge in [-0.15, -0.1) is 0 Å². The Balaban J connectivity index is 2.32. The number of carbonyl (C=O) groups is 1. The molecular formula is C13H7Br2ClN2O3. The van der Waals surface area contributed by atoms with Gasteiger partial charge in [-0.1, -0.05) is 43.5 Å². The van der Waals surface area contributed by atoms with Gasteiger partial charge in [-0.3, -0.25) is 14.9 Å². The van der Waals surface area contributed by atoms with Crippen molar-refractivity contribution in [2.24, 2.45) is 0 Å². The average molecular weight is 434 g/mol. The molecule has 21 heavy (non-hydrogen) atoms. The zero-order valence-corrected chi connectivity index (χ0v) is 14.2. The first-order valence-corrected chi connectivity index (χ1v) is 7.54. The van der Waals surface area contributed by atoms with Crippen molar-refractivity contribution < 1.29 is 9.72 Å². The molecule has 0 radical (unpaired) electrons. The quantitative estimate of drug-likeness (QED) is 0.544. The van der Waals surface area contributed by atoms with Gasteiger partial charge in [0.15, 0.2) is 0 Å². The van der Waals surface area contributed by atoms with E-state index < -0.39 is 10.8 Å². The number of non-ortho nitro benzene ring substituents is 1. The summed E-state index contributed by atoms with van der Waals surface area (Å²) in [4.78, 5) is 22.4. The van der Waals surface area contributed by atoms with Crippen molar-refractivity contribution in [3.63, 3.8) is 0 Å². The van der Waals surface area contributed by atoms with Gasteiger partial charge in [-0.25, -0.2) is 0 Å². The largest absolute Gasteiger partial charge is 0.321 e. The number of rotatable bonds is 3. The molecule has 1 N–H and O–H groups in total. The molecule has 2 aromatic rings. The van der Waals surface area contributed by atoms with Gasteiger partial charge in [-0.05, 0) is 24.3 Å². The van der Waals surface area contributed by atoms with Crippen LogP contribution < -0.4 is 5.32 Å². The van der Waals surface area contributed by atoms with Gasteiger partial charge in [-0.2, -0.15) is 0 Å². The average Bonchev–Trinajstić information content (AvgIpc) is 2.42. The molecule has 0 spiro atoms. The number of nitrogens with one attached hydrogen (secondary N) is 1. The highest BCUT2D eigenvalue weighted by Gasteiger charge is 2.15. The summed E-state index contributed by atoms with van der Waals surface area (Å²) in [5, 5.41) is 13.8. The predicted octanol–water partition coefficient (Wildman–Crippen LogP) is 5.03. The maximum absolute atomic E-state index is 12.2. The van der Waals surface area contributed by atoms with Crippen molar-refractivity contribution in [1.29, 1.82) is 0 Å². The fourth-order valence-corrected chi connectivity index (χ4v) is 2.61. The van der Waals surface area contributed by atoms with E-state index >= 15 is 0 Å². The van der Waals surface area contributed by atoms with E-state index in [1.54, 1.807) is 18.2 Å². The highest BCUT2D eigenvalue weighted by molar-refractivity contribution is 9.10. The van der Waals surface area contributed by atoms with E-state index in [1.165, 1.54) is 18.2 Å². The molecule has 2 aromatic carbocycles. The van der Waals surface area contributed by atoms with E-state index in [4.69, 9.17) is 11.6 Å². The van der Waals surface area contributed by atoms with Crippen LogP contribution in [-0.2, 0) is 0 Å². The summed E-state index contributed by atoms with van der Waals surface area (Å²) in [5.41, 5.74) is 0.403. The zero-order chi connectivity index (χ0) is 15.6. The highest BCUT2D eigenvalue weighted by Crippen LogP contribution is 2.27. The van der Waals surface area contributed by atoms with Gasteiger partial charge in [0, 0.05) is 26.6 Å². The third kappa shape index (κ3) is 4.03. The number of nitro groups is 1. The molecule has 0 saturated heterocycles. The summed E-state index contributed by atoms with van der Waals surface area (Å²) >= 11 is 12.4. The van der Waals surface area contributed by atoms with Crippen LogP contribution in [0, 0.1) is 10.1 Å². The first-order chi connectivity index (χ1) is 9.86. The second-order valence-corrected chi connectivity index (χ2v) is 6.27. The molecule has 0 aliphatic heterocycles. The minimum absolute atomic E-state index is 0.159. The fraction of sp³-hybridized carbons (Fsp3) is 0. The Morgan fingerprint density at radius 3 is 2.52 bits per heavy atom. The number of nitro benzene ring substituents is 1. The molecule has 2 rings (SSSR count). The molecule has 0 saturated carbocycles. The Labute approximate surface area is 141 Å². The van der Waals surface area contributed by atoms with Gasteiger partial charge in [0.2, 0.25) is 0 Å². The summed E-state index contributed by atoms with van der Waals surface area (Å²) in [6.45, 7) is 0. The van der Waals surface area contributed by atoms with E-state index in [2.05, 4.69) is 37.2 Å². The Morgan fingerprint density at radius 1 is 1.14 bits per heavy atom. The normalized spacial score (nSPS) is 10.2. The monoisotopic (exact) mass is 432 g/mol. The zero-order valence-electron chi connectivity index (χ0n) is 10.3. The number of benzene rings is 2. The van der Waals surface area contributed by atoms with Crippen LogP contribution in [-0.4, -0.2) is 10.8 Å². The second-order valence-electron chi connectivity index (χ2n) is 4.03. The first kappa shape index (κ1) is 15.9. The fourth-order valence-electron chi connectivity index (χ4n) is 1.60. The lowest BCUT2D eigenvalue weighted by atomic mass is 10.2. The Hall–Kier alpha value is -1.44. The molecule has 0 fully saturated rings. The third-order valence-electron chi connectivity index (χ3n) is 2.53. The van der Waals surface area contributed by atoms with Crippen LogP contribution in [0.25, 0.3) is 0 Å². The Morgan fingerprint density at radius 2 is 1.86 bits per heavy atom. The number of hydrogen-bond acceptors (Lipinski definition) is 3. The van der Waals surface area contributed by atoms with Gasteiger partial charge in [0.1, 0.15) is 0 Å². The number of carbonyl (C=O) groups excluding carboxylic acids is 1. The number of nitrogens with zero attached hydrogens (tertiary/aromatic N) is 1. The molecule has 0 unspecified atom stereocenters. The van der Waals surface area contributed by atoms with Crippen molar-refractivity contribution in [1.82, 2.24) is 0 Å². The summed E-state index contributed by atoms with van der Waals surface area (Å²) in [6, 6.07) is 9.03. The summed E-state index contributed by atoms with van der Waals surface area (Å²) in [5.74, 6) is -0.487. The maximum Gasteiger partial charge on any atom is 0.271 e. The molecule has 0 heterocycles. The second kappa shape index (κ2) is 6.55. The molecule has 0 bridgehead atoms. The summed E-state index contributed by atoms with van der Waals surface area (Å²) < 4.78 is 1.20. The summed E-state index contributed by atoms with van der Waals surface area (Å²) in [7, 11) is 0. The number of hydrogen-bond donors (Lipinski definition) is 1. The van der Waals surface area contributed by atoms with Gasteiger partial charge in [0.05, 0.1) is 15.6 Å². The lowest BCUT2D eigenvalue weighted by Crippen LogP contribution is -2.12. The van der Waals surface area contributed by atoms with E-state index in [1.807, 2.05) is 0 Å². The van der Waals surface area contributed by atoms with Crippen LogP contribution in [0.5, 0.6) is 0 Å². The third-order valence-corrected chi connectivity index (χ3v) is 3.81. The minimum Gasteiger partial charge on any atom is -0.321 e. The SMILES string of the molecule is O=C(Nc1cc(Br)ccc1Cl)c1cc(Br)cc([N+](=O)[O-])c1. The van der Waals surface area contributed by atoms with Crippen molar-refractivity contribution >= 4 is 60.7 Å². The van der Waals surface area contributed by atoms with Crippen molar-refractivity contribution in [2.45, 2.75) is 0 Å². The molecular weight excluding hydrogens is 427 g/mol. The minimum atomic E-state index is -0.562. The molecule has 108 valence electrons. The lowest BCUT2D eigenvalue weighted by Gasteiger charge is -2.08. The van der Waals surface area contributed by atoms with E-state index in [0.717, 1.165) is 4.47 Å². The van der Waals surface area contributed by atoms with Crippen LogP contribution >= 0.6 is 43.5 Å². The smallest absolute Gasteiger partial charge is 0.271 e. The summed E-state index contributed by atoms with van der Waals surface area (Å²) in [6.07, 6.45) is 0. The molecule has 5 nitrogen and oxygen atoms in total. The van der Waals surface area contributed by atoms with E-state index in [9.17, 15) is 14.9 Å².